The molecule has 0 spiro atoms. The summed E-state index contributed by atoms with van der Waals surface area (Å²) >= 11 is 0. The highest BCUT2D eigenvalue weighted by molar-refractivity contribution is 5.79. The molecule has 1 aliphatic heterocycles. The van der Waals surface area contributed by atoms with Gasteiger partial charge in [0.25, 0.3) is 0 Å². The van der Waals surface area contributed by atoms with Crippen molar-refractivity contribution in [3.8, 4) is 6.07 Å². The van der Waals surface area contributed by atoms with E-state index in [1.807, 2.05) is 24.3 Å². The van der Waals surface area contributed by atoms with E-state index in [1.54, 1.807) is 7.05 Å². The van der Waals surface area contributed by atoms with Crippen LogP contribution in [0.15, 0.2) is 29.3 Å². The van der Waals surface area contributed by atoms with Gasteiger partial charge in [0.1, 0.15) is 0 Å². The van der Waals surface area contributed by atoms with Crippen molar-refractivity contribution in [3.05, 3.63) is 35.4 Å². The number of guanidine groups is 1. The number of nitrogens with zero attached hydrogens (tertiary/aromatic N) is 3. The first kappa shape index (κ1) is 18.3. The second kappa shape index (κ2) is 9.94. The molecule has 1 aromatic rings. The third-order valence-corrected chi connectivity index (χ3v) is 4.50. The molecular formula is C19H29N5. The first-order valence-electron chi connectivity index (χ1n) is 8.93. The SMILES string of the molecule is CCCCN1CCC(NC(=NC)NCc2cccc(C#N)c2)CC1. The topological polar surface area (TPSA) is 63.4 Å². The molecule has 0 bridgehead atoms. The van der Waals surface area contributed by atoms with Gasteiger partial charge in [-0.1, -0.05) is 25.5 Å². The number of benzene rings is 1. The number of unbranched alkanes of at least 4 members (excludes halogenated alkanes) is 1. The fourth-order valence-corrected chi connectivity index (χ4v) is 3.01. The van der Waals surface area contributed by atoms with E-state index in [4.69, 9.17) is 5.26 Å². The van der Waals surface area contributed by atoms with Crippen molar-refractivity contribution in [1.29, 1.82) is 5.26 Å². The highest BCUT2D eigenvalue weighted by Crippen LogP contribution is 2.11. The van der Waals surface area contributed by atoms with Crippen LogP contribution in [0.3, 0.4) is 0 Å². The molecule has 0 radical (unpaired) electrons. The summed E-state index contributed by atoms with van der Waals surface area (Å²) in [5, 5.41) is 15.8. The Balaban J connectivity index is 1.76. The fourth-order valence-electron chi connectivity index (χ4n) is 3.01. The number of likely N-dealkylation sites (tertiary alicyclic amines) is 1. The monoisotopic (exact) mass is 327 g/mol. The maximum atomic E-state index is 8.97. The largest absolute Gasteiger partial charge is 0.354 e. The van der Waals surface area contributed by atoms with Crippen LogP contribution < -0.4 is 10.6 Å². The number of rotatable bonds is 6. The van der Waals surface area contributed by atoms with Crippen LogP contribution in [0.4, 0.5) is 0 Å². The second-order valence-electron chi connectivity index (χ2n) is 6.35. The van der Waals surface area contributed by atoms with Crippen LogP contribution in [-0.4, -0.2) is 43.6 Å². The summed E-state index contributed by atoms with van der Waals surface area (Å²) in [6.45, 7) is 6.48. The van der Waals surface area contributed by atoms with Crippen molar-refractivity contribution >= 4 is 5.96 Å². The van der Waals surface area contributed by atoms with Gasteiger partial charge in [0.05, 0.1) is 11.6 Å². The van der Waals surface area contributed by atoms with E-state index in [0.717, 1.165) is 24.4 Å². The van der Waals surface area contributed by atoms with Crippen LogP contribution in [0, 0.1) is 11.3 Å². The van der Waals surface area contributed by atoms with E-state index in [1.165, 1.54) is 32.5 Å². The fraction of sp³-hybridized carbons (Fsp3) is 0.579. The average Bonchev–Trinajstić information content (AvgIpc) is 2.64. The van der Waals surface area contributed by atoms with Crippen molar-refractivity contribution in [3.63, 3.8) is 0 Å². The van der Waals surface area contributed by atoms with Gasteiger partial charge in [-0.3, -0.25) is 4.99 Å². The summed E-state index contributed by atoms with van der Waals surface area (Å²) in [6, 6.07) is 10.3. The van der Waals surface area contributed by atoms with Gasteiger partial charge in [-0.25, -0.2) is 0 Å². The van der Waals surface area contributed by atoms with Gasteiger partial charge < -0.3 is 15.5 Å². The Morgan fingerprint density at radius 1 is 1.38 bits per heavy atom. The maximum Gasteiger partial charge on any atom is 0.191 e. The Bertz CT molecular complexity index is 567. The molecule has 0 aliphatic carbocycles. The standard InChI is InChI=1S/C19H29N5/c1-3-4-10-24-11-8-18(9-12-24)23-19(21-2)22-15-17-7-5-6-16(13-17)14-20/h5-7,13,18H,3-4,8-12,15H2,1-2H3,(H2,21,22,23). The van der Waals surface area contributed by atoms with Crippen molar-refractivity contribution in [2.24, 2.45) is 4.99 Å². The van der Waals surface area contributed by atoms with Crippen molar-refractivity contribution in [2.45, 2.75) is 45.2 Å². The lowest BCUT2D eigenvalue weighted by Gasteiger charge is -2.33. The molecule has 0 atom stereocenters. The van der Waals surface area contributed by atoms with Crippen molar-refractivity contribution in [2.75, 3.05) is 26.7 Å². The first-order chi connectivity index (χ1) is 11.7. The summed E-state index contributed by atoms with van der Waals surface area (Å²) in [4.78, 5) is 6.89. The third kappa shape index (κ3) is 5.86. The number of nitrogens with one attached hydrogen (secondary N) is 2. The number of aliphatic imine (C=N–C) groups is 1. The predicted molar refractivity (Wildman–Crippen MR) is 98.9 cm³/mol. The third-order valence-electron chi connectivity index (χ3n) is 4.50. The first-order valence-corrected chi connectivity index (χ1v) is 8.93. The molecule has 0 unspecified atom stereocenters. The molecular weight excluding hydrogens is 298 g/mol. The molecule has 1 aliphatic rings. The molecule has 0 amide bonds. The van der Waals surface area contributed by atoms with Crippen LogP contribution >= 0.6 is 0 Å². The predicted octanol–water partition coefficient (Wildman–Crippen LogP) is 2.49. The highest BCUT2D eigenvalue weighted by atomic mass is 15.2. The number of hydrogen-bond donors (Lipinski definition) is 2. The zero-order valence-electron chi connectivity index (χ0n) is 14.9. The maximum absolute atomic E-state index is 8.97. The summed E-state index contributed by atoms with van der Waals surface area (Å²) in [5.74, 6) is 0.837. The lowest BCUT2D eigenvalue weighted by atomic mass is 10.0. The summed E-state index contributed by atoms with van der Waals surface area (Å²) in [5.41, 5.74) is 1.78. The molecule has 1 saturated heterocycles. The quantitative estimate of drug-likeness (QED) is 0.622. The minimum atomic E-state index is 0.486. The molecule has 0 aromatic heterocycles. The van der Waals surface area contributed by atoms with Crippen LogP contribution in [0.2, 0.25) is 0 Å². The van der Waals surface area contributed by atoms with Crippen LogP contribution in [0.1, 0.15) is 43.7 Å². The molecule has 0 saturated carbocycles. The van der Waals surface area contributed by atoms with Crippen molar-refractivity contribution in [1.82, 2.24) is 15.5 Å². The Hall–Kier alpha value is -2.06. The molecule has 5 heteroatoms. The lowest BCUT2D eigenvalue weighted by molar-refractivity contribution is 0.203. The zero-order chi connectivity index (χ0) is 17.2. The average molecular weight is 327 g/mol. The summed E-state index contributed by atoms with van der Waals surface area (Å²) in [7, 11) is 1.80. The van der Waals surface area contributed by atoms with Gasteiger partial charge in [0.2, 0.25) is 0 Å². The Labute approximate surface area is 145 Å². The summed E-state index contributed by atoms with van der Waals surface area (Å²) in [6.07, 6.45) is 4.88. The summed E-state index contributed by atoms with van der Waals surface area (Å²) < 4.78 is 0. The van der Waals surface area contributed by atoms with Gasteiger partial charge in [0.15, 0.2) is 5.96 Å². The van der Waals surface area contributed by atoms with Gasteiger partial charge in [-0.15, -0.1) is 0 Å². The van der Waals surface area contributed by atoms with Gasteiger partial charge in [0, 0.05) is 32.7 Å². The molecule has 130 valence electrons. The van der Waals surface area contributed by atoms with Crippen LogP contribution in [-0.2, 0) is 6.54 Å². The van der Waals surface area contributed by atoms with Crippen LogP contribution in [0.5, 0.6) is 0 Å². The molecule has 1 heterocycles. The minimum Gasteiger partial charge on any atom is -0.354 e. The number of hydrogen-bond acceptors (Lipinski definition) is 3. The smallest absolute Gasteiger partial charge is 0.191 e. The molecule has 5 nitrogen and oxygen atoms in total. The normalized spacial score (nSPS) is 16.6. The minimum absolute atomic E-state index is 0.486. The highest BCUT2D eigenvalue weighted by Gasteiger charge is 2.19. The second-order valence-corrected chi connectivity index (χ2v) is 6.35. The molecule has 1 aromatic carbocycles. The Morgan fingerprint density at radius 3 is 2.83 bits per heavy atom. The van der Waals surface area contributed by atoms with Gasteiger partial charge >= 0.3 is 0 Å². The number of piperidine rings is 1. The molecule has 24 heavy (non-hydrogen) atoms. The Kier molecular flexibility index (Phi) is 7.57. The Morgan fingerprint density at radius 2 is 2.17 bits per heavy atom. The van der Waals surface area contributed by atoms with Gasteiger partial charge in [-0.05, 0) is 43.5 Å². The molecule has 2 N–H and O–H groups in total. The van der Waals surface area contributed by atoms with E-state index in [-0.39, 0.29) is 0 Å². The van der Waals surface area contributed by atoms with Gasteiger partial charge in [-0.2, -0.15) is 5.26 Å². The molecule has 1 fully saturated rings. The van der Waals surface area contributed by atoms with Crippen molar-refractivity contribution < 1.29 is 0 Å². The number of nitriles is 1. The zero-order valence-corrected chi connectivity index (χ0v) is 14.9. The van der Waals surface area contributed by atoms with E-state index in [9.17, 15) is 0 Å². The molecule has 2 rings (SSSR count). The van der Waals surface area contributed by atoms with E-state index >= 15 is 0 Å². The van der Waals surface area contributed by atoms with E-state index < -0.39 is 0 Å². The van der Waals surface area contributed by atoms with Crippen LogP contribution in [0.25, 0.3) is 0 Å². The van der Waals surface area contributed by atoms with E-state index in [2.05, 4.69) is 33.5 Å². The lowest BCUT2D eigenvalue weighted by Crippen LogP contribution is -2.48. The van der Waals surface area contributed by atoms with E-state index in [0.29, 0.717) is 18.2 Å².